The third-order valence-corrected chi connectivity index (χ3v) is 1.64. The van der Waals surface area contributed by atoms with Gasteiger partial charge < -0.3 is 4.52 Å². The quantitative estimate of drug-likeness (QED) is 0.640. The first-order valence-corrected chi connectivity index (χ1v) is 3.44. The van der Waals surface area contributed by atoms with Crippen LogP contribution in [0.5, 0.6) is 0 Å². The second-order valence-electron chi connectivity index (χ2n) is 2.22. The van der Waals surface area contributed by atoms with Gasteiger partial charge in [0.1, 0.15) is 12.0 Å². The first kappa shape index (κ1) is 7.25. The van der Waals surface area contributed by atoms with E-state index >= 15 is 0 Å². The summed E-state index contributed by atoms with van der Waals surface area (Å²) in [5.41, 5.74) is 0.914. The fraction of sp³-hybridized carbons (Fsp3) is 0.571. The molecule has 0 aliphatic rings. The zero-order valence-corrected chi connectivity index (χ0v) is 6.08. The average molecular weight is 139 g/mol. The SMILES string of the molecule is [CH2]CC(CC)c1conn1. The van der Waals surface area contributed by atoms with E-state index in [0.717, 1.165) is 18.5 Å². The molecule has 0 amide bonds. The van der Waals surface area contributed by atoms with Crippen molar-refractivity contribution in [2.75, 3.05) is 0 Å². The molecular weight excluding hydrogens is 128 g/mol. The summed E-state index contributed by atoms with van der Waals surface area (Å²) in [5.74, 6) is 0.409. The molecule has 0 N–H and O–H groups in total. The zero-order valence-electron chi connectivity index (χ0n) is 6.08. The maximum Gasteiger partial charge on any atom is 0.147 e. The lowest BCUT2D eigenvalue weighted by Crippen LogP contribution is -1.95. The Hall–Kier alpha value is -0.860. The van der Waals surface area contributed by atoms with E-state index in [1.54, 1.807) is 6.26 Å². The minimum atomic E-state index is 0.409. The van der Waals surface area contributed by atoms with Crippen molar-refractivity contribution in [3.63, 3.8) is 0 Å². The second kappa shape index (κ2) is 3.34. The van der Waals surface area contributed by atoms with Gasteiger partial charge in [0.15, 0.2) is 0 Å². The van der Waals surface area contributed by atoms with Crippen LogP contribution in [-0.4, -0.2) is 10.4 Å². The number of nitrogens with zero attached hydrogens (tertiary/aromatic N) is 2. The summed E-state index contributed by atoms with van der Waals surface area (Å²) in [7, 11) is 0. The van der Waals surface area contributed by atoms with Crippen LogP contribution in [0.4, 0.5) is 0 Å². The molecule has 55 valence electrons. The van der Waals surface area contributed by atoms with Gasteiger partial charge >= 0.3 is 0 Å². The molecule has 0 spiro atoms. The van der Waals surface area contributed by atoms with Gasteiger partial charge in [-0.25, -0.2) is 0 Å². The smallest absolute Gasteiger partial charge is 0.147 e. The van der Waals surface area contributed by atoms with Crippen LogP contribution in [0.2, 0.25) is 0 Å². The molecular formula is C7H11N2O. The normalized spacial score (nSPS) is 10.7. The van der Waals surface area contributed by atoms with Crippen LogP contribution in [-0.2, 0) is 0 Å². The van der Waals surface area contributed by atoms with E-state index in [2.05, 4.69) is 28.7 Å². The number of hydrogen-bond donors (Lipinski definition) is 0. The van der Waals surface area contributed by atoms with E-state index in [0.29, 0.717) is 5.92 Å². The molecule has 3 nitrogen and oxygen atoms in total. The summed E-state index contributed by atoms with van der Waals surface area (Å²) in [4.78, 5) is 0. The van der Waals surface area contributed by atoms with E-state index in [-0.39, 0.29) is 0 Å². The van der Waals surface area contributed by atoms with Gasteiger partial charge in [0.05, 0.1) is 0 Å². The third kappa shape index (κ3) is 1.35. The van der Waals surface area contributed by atoms with E-state index in [4.69, 9.17) is 0 Å². The summed E-state index contributed by atoms with van der Waals surface area (Å²) in [6.45, 7) is 5.91. The summed E-state index contributed by atoms with van der Waals surface area (Å²) in [6, 6.07) is 0. The maximum atomic E-state index is 4.61. The molecule has 0 aromatic carbocycles. The van der Waals surface area contributed by atoms with Crippen LogP contribution in [0.3, 0.4) is 0 Å². The van der Waals surface area contributed by atoms with Crippen molar-refractivity contribution in [3.05, 3.63) is 18.9 Å². The Kier molecular flexibility index (Phi) is 2.42. The van der Waals surface area contributed by atoms with Gasteiger partial charge in [-0.1, -0.05) is 13.8 Å². The lowest BCUT2D eigenvalue weighted by molar-refractivity contribution is 0.392. The second-order valence-corrected chi connectivity index (χ2v) is 2.22. The highest BCUT2D eigenvalue weighted by Crippen LogP contribution is 2.19. The van der Waals surface area contributed by atoms with E-state index in [9.17, 15) is 0 Å². The summed E-state index contributed by atoms with van der Waals surface area (Å²) < 4.78 is 4.61. The van der Waals surface area contributed by atoms with Gasteiger partial charge in [0, 0.05) is 11.2 Å². The number of rotatable bonds is 3. The minimum absolute atomic E-state index is 0.409. The topological polar surface area (TPSA) is 38.9 Å². The molecule has 1 radical (unpaired) electrons. The van der Waals surface area contributed by atoms with Gasteiger partial charge in [0.25, 0.3) is 0 Å². The van der Waals surface area contributed by atoms with Crippen molar-refractivity contribution in [2.45, 2.75) is 25.7 Å². The molecule has 1 unspecified atom stereocenters. The van der Waals surface area contributed by atoms with Gasteiger partial charge in [-0.2, -0.15) is 0 Å². The van der Waals surface area contributed by atoms with Crippen LogP contribution in [0, 0.1) is 6.92 Å². The highest BCUT2D eigenvalue weighted by atomic mass is 16.5. The highest BCUT2D eigenvalue weighted by molar-refractivity contribution is 4.98. The van der Waals surface area contributed by atoms with Crippen LogP contribution in [0.25, 0.3) is 0 Å². The molecule has 10 heavy (non-hydrogen) atoms. The van der Waals surface area contributed by atoms with Crippen molar-refractivity contribution < 1.29 is 4.52 Å². The van der Waals surface area contributed by atoms with Gasteiger partial charge in [0.2, 0.25) is 0 Å². The Morgan fingerprint density at radius 2 is 2.60 bits per heavy atom. The Labute approximate surface area is 60.4 Å². The lowest BCUT2D eigenvalue weighted by Gasteiger charge is -2.04. The number of aromatic nitrogens is 2. The van der Waals surface area contributed by atoms with E-state index in [1.807, 2.05) is 0 Å². The van der Waals surface area contributed by atoms with Crippen LogP contribution in [0.1, 0.15) is 31.4 Å². The predicted molar refractivity (Wildman–Crippen MR) is 37.3 cm³/mol. The molecule has 0 saturated heterocycles. The molecule has 0 bridgehead atoms. The van der Waals surface area contributed by atoms with Gasteiger partial charge in [-0.3, -0.25) is 0 Å². The summed E-state index contributed by atoms with van der Waals surface area (Å²) in [5, 5.41) is 7.19. The molecule has 0 saturated carbocycles. The van der Waals surface area contributed by atoms with Crippen LogP contribution >= 0.6 is 0 Å². The fourth-order valence-electron chi connectivity index (χ4n) is 0.911. The van der Waals surface area contributed by atoms with E-state index in [1.165, 1.54) is 0 Å². The largest absolute Gasteiger partial charge is 0.345 e. The molecule has 1 atom stereocenters. The molecule has 0 aliphatic carbocycles. The monoisotopic (exact) mass is 139 g/mol. The first-order valence-electron chi connectivity index (χ1n) is 3.44. The molecule has 0 fully saturated rings. The Morgan fingerprint density at radius 1 is 1.80 bits per heavy atom. The molecule has 0 aliphatic heterocycles. The average Bonchev–Trinajstić information content (AvgIpc) is 2.43. The van der Waals surface area contributed by atoms with Crippen LogP contribution < -0.4 is 0 Å². The number of hydrogen-bond acceptors (Lipinski definition) is 3. The minimum Gasteiger partial charge on any atom is -0.345 e. The van der Waals surface area contributed by atoms with Crippen molar-refractivity contribution in [1.82, 2.24) is 10.4 Å². The van der Waals surface area contributed by atoms with Gasteiger partial charge in [-0.15, -0.1) is 5.10 Å². The fourth-order valence-corrected chi connectivity index (χ4v) is 0.911. The molecule has 3 heteroatoms. The van der Waals surface area contributed by atoms with Gasteiger partial charge in [-0.05, 0) is 12.8 Å². The lowest BCUT2D eigenvalue weighted by atomic mass is 10.0. The summed E-state index contributed by atoms with van der Waals surface area (Å²) in [6.07, 6.45) is 3.47. The first-order chi connectivity index (χ1) is 4.88. The Morgan fingerprint density at radius 3 is 3.00 bits per heavy atom. The Balaban J connectivity index is 2.64. The summed E-state index contributed by atoms with van der Waals surface area (Å²) >= 11 is 0. The van der Waals surface area contributed by atoms with Crippen LogP contribution in [0.15, 0.2) is 10.8 Å². The van der Waals surface area contributed by atoms with Crippen molar-refractivity contribution in [2.24, 2.45) is 0 Å². The molecule has 1 heterocycles. The highest BCUT2D eigenvalue weighted by Gasteiger charge is 2.09. The van der Waals surface area contributed by atoms with Crippen molar-refractivity contribution in [1.29, 1.82) is 0 Å². The van der Waals surface area contributed by atoms with Crippen molar-refractivity contribution in [3.8, 4) is 0 Å². The predicted octanol–water partition coefficient (Wildman–Crippen LogP) is 1.79. The molecule has 1 aromatic rings. The third-order valence-electron chi connectivity index (χ3n) is 1.64. The van der Waals surface area contributed by atoms with E-state index < -0.39 is 0 Å². The molecule has 1 aromatic heterocycles. The zero-order chi connectivity index (χ0) is 7.40. The Bertz CT molecular complexity index is 168. The van der Waals surface area contributed by atoms with Crippen molar-refractivity contribution >= 4 is 0 Å². The molecule has 1 rings (SSSR count). The maximum absolute atomic E-state index is 4.61. The standard InChI is InChI=1S/C7H11N2O/c1-3-6(4-2)7-5-10-9-8-7/h5-6H,1,3-4H2,2H3.